The third kappa shape index (κ3) is 3.62. The highest BCUT2D eigenvalue weighted by Crippen LogP contribution is 2.33. The topological polar surface area (TPSA) is 136 Å². The summed E-state index contributed by atoms with van der Waals surface area (Å²) in [5.41, 5.74) is 4.10. The molecular formula is C18H22N4O5. The Morgan fingerprint density at radius 1 is 1.19 bits per heavy atom. The van der Waals surface area contributed by atoms with Crippen molar-refractivity contribution in [2.75, 3.05) is 0 Å². The second-order valence-corrected chi connectivity index (χ2v) is 7.14. The minimum absolute atomic E-state index is 0.000798. The van der Waals surface area contributed by atoms with Crippen LogP contribution in [0.1, 0.15) is 60.9 Å². The van der Waals surface area contributed by atoms with E-state index >= 15 is 0 Å². The molecule has 1 aromatic carbocycles. The van der Waals surface area contributed by atoms with E-state index in [1.54, 1.807) is 0 Å². The number of carbonyl (C=O) groups is 3. The molecule has 4 amide bonds. The molecule has 2 aliphatic rings. The van der Waals surface area contributed by atoms with Gasteiger partial charge >= 0.3 is 6.03 Å². The van der Waals surface area contributed by atoms with E-state index in [9.17, 15) is 24.5 Å². The summed E-state index contributed by atoms with van der Waals surface area (Å²) >= 11 is 0. The van der Waals surface area contributed by atoms with Crippen molar-refractivity contribution in [1.82, 2.24) is 10.2 Å². The van der Waals surface area contributed by atoms with Crippen molar-refractivity contribution in [2.45, 2.75) is 57.0 Å². The maximum Gasteiger partial charge on any atom is 0.325 e. The standard InChI is InChI=1S/C18H22N4O5/c19-15(23)12-6-7-13(14(10-12)22(26)27)11-21-16(24)18(20-17(21)25)8-4-2-1-3-5-9-18/h6-7,10H,1-5,8-9,11H2,(H2,19,23)(H,20,25). The number of benzene rings is 1. The number of carbonyl (C=O) groups excluding carboxylic acids is 3. The predicted molar refractivity (Wildman–Crippen MR) is 95.7 cm³/mol. The Morgan fingerprint density at radius 2 is 1.81 bits per heavy atom. The van der Waals surface area contributed by atoms with Crippen molar-refractivity contribution < 1.29 is 19.3 Å². The Hall–Kier alpha value is -2.97. The number of rotatable bonds is 4. The number of nitrogens with two attached hydrogens (primary N) is 1. The van der Waals surface area contributed by atoms with Crippen molar-refractivity contribution >= 4 is 23.5 Å². The van der Waals surface area contributed by atoms with Crippen LogP contribution in [0, 0.1) is 10.1 Å². The van der Waals surface area contributed by atoms with E-state index in [1.165, 1.54) is 12.1 Å². The molecule has 0 unspecified atom stereocenters. The number of urea groups is 1. The molecule has 0 aromatic heterocycles. The van der Waals surface area contributed by atoms with Crippen molar-refractivity contribution in [3.63, 3.8) is 0 Å². The van der Waals surface area contributed by atoms with Crippen LogP contribution >= 0.6 is 0 Å². The second-order valence-electron chi connectivity index (χ2n) is 7.14. The van der Waals surface area contributed by atoms with E-state index in [2.05, 4.69) is 5.32 Å². The minimum atomic E-state index is -0.903. The number of amides is 4. The van der Waals surface area contributed by atoms with Gasteiger partial charge in [0.15, 0.2) is 0 Å². The van der Waals surface area contributed by atoms with Gasteiger partial charge < -0.3 is 11.1 Å². The minimum Gasteiger partial charge on any atom is -0.366 e. The lowest BCUT2D eigenvalue weighted by Gasteiger charge is -2.28. The zero-order valence-electron chi connectivity index (χ0n) is 14.9. The van der Waals surface area contributed by atoms with Crippen molar-refractivity contribution in [1.29, 1.82) is 0 Å². The summed E-state index contributed by atoms with van der Waals surface area (Å²) in [4.78, 5) is 48.5. The fourth-order valence-corrected chi connectivity index (χ4v) is 3.86. The van der Waals surface area contributed by atoms with Gasteiger partial charge in [0.2, 0.25) is 5.91 Å². The van der Waals surface area contributed by atoms with Gasteiger partial charge in [-0.2, -0.15) is 0 Å². The fraction of sp³-hybridized carbons (Fsp3) is 0.500. The van der Waals surface area contributed by atoms with Gasteiger partial charge in [0.05, 0.1) is 11.5 Å². The number of imide groups is 1. The van der Waals surface area contributed by atoms with Gasteiger partial charge in [0.25, 0.3) is 11.6 Å². The van der Waals surface area contributed by atoms with E-state index in [0.717, 1.165) is 43.1 Å². The highest BCUT2D eigenvalue weighted by Gasteiger charge is 2.50. The molecule has 0 radical (unpaired) electrons. The summed E-state index contributed by atoms with van der Waals surface area (Å²) in [5.74, 6) is -1.12. The first-order chi connectivity index (χ1) is 12.8. The SMILES string of the molecule is NC(=O)c1ccc(CN2C(=O)NC3(CCCCCCC3)C2=O)c([N+](=O)[O-])c1. The zero-order chi connectivity index (χ0) is 19.6. The summed E-state index contributed by atoms with van der Waals surface area (Å²) < 4.78 is 0. The molecular weight excluding hydrogens is 352 g/mol. The van der Waals surface area contributed by atoms with Gasteiger partial charge in [-0.3, -0.25) is 24.6 Å². The lowest BCUT2D eigenvalue weighted by molar-refractivity contribution is -0.385. The first kappa shape index (κ1) is 18.8. The molecule has 1 spiro atoms. The molecule has 27 heavy (non-hydrogen) atoms. The van der Waals surface area contributed by atoms with Crippen molar-refractivity contribution in [2.24, 2.45) is 5.73 Å². The normalized spacial score (nSPS) is 19.5. The largest absolute Gasteiger partial charge is 0.366 e. The predicted octanol–water partition coefficient (Wildman–Crippen LogP) is 2.23. The van der Waals surface area contributed by atoms with Crippen LogP contribution in [0.3, 0.4) is 0 Å². The molecule has 1 saturated heterocycles. The van der Waals surface area contributed by atoms with Gasteiger partial charge in [0, 0.05) is 17.2 Å². The number of nitro benzene ring substituents is 1. The second kappa shape index (κ2) is 7.34. The molecule has 2 fully saturated rings. The summed E-state index contributed by atoms with van der Waals surface area (Å²) in [6.07, 6.45) is 6.03. The third-order valence-electron chi connectivity index (χ3n) is 5.35. The van der Waals surface area contributed by atoms with E-state index < -0.39 is 22.4 Å². The Balaban J connectivity index is 1.87. The molecule has 1 heterocycles. The first-order valence-electron chi connectivity index (χ1n) is 9.05. The Labute approximate surface area is 156 Å². The summed E-state index contributed by atoms with van der Waals surface area (Å²) in [5, 5.41) is 14.2. The molecule has 0 atom stereocenters. The smallest absolute Gasteiger partial charge is 0.325 e. The molecule has 1 aromatic rings. The van der Waals surface area contributed by atoms with Crippen LogP contribution in [-0.4, -0.2) is 33.2 Å². The molecule has 9 heteroatoms. The Kier molecular flexibility index (Phi) is 5.11. The summed E-state index contributed by atoms with van der Waals surface area (Å²) in [6, 6.07) is 3.26. The lowest BCUT2D eigenvalue weighted by Crippen LogP contribution is -2.47. The number of nitrogens with one attached hydrogen (secondary N) is 1. The van der Waals surface area contributed by atoms with E-state index in [-0.39, 0.29) is 29.3 Å². The summed E-state index contributed by atoms with van der Waals surface area (Å²) in [6.45, 7) is -0.220. The van der Waals surface area contributed by atoms with Gasteiger partial charge in [-0.05, 0) is 25.0 Å². The summed E-state index contributed by atoms with van der Waals surface area (Å²) in [7, 11) is 0. The van der Waals surface area contributed by atoms with Crippen LogP contribution < -0.4 is 11.1 Å². The van der Waals surface area contributed by atoms with E-state index in [4.69, 9.17) is 5.73 Å². The molecule has 1 aliphatic heterocycles. The van der Waals surface area contributed by atoms with Crippen LogP contribution in [-0.2, 0) is 11.3 Å². The number of primary amides is 1. The van der Waals surface area contributed by atoms with Crippen LogP contribution in [0.5, 0.6) is 0 Å². The van der Waals surface area contributed by atoms with Gasteiger partial charge in [-0.25, -0.2) is 4.79 Å². The maximum absolute atomic E-state index is 13.0. The molecule has 9 nitrogen and oxygen atoms in total. The quantitative estimate of drug-likeness (QED) is 0.473. The Bertz CT molecular complexity index is 799. The van der Waals surface area contributed by atoms with Crippen LogP contribution in [0.25, 0.3) is 0 Å². The molecule has 1 aliphatic carbocycles. The highest BCUT2D eigenvalue weighted by atomic mass is 16.6. The molecule has 3 N–H and O–H groups in total. The average molecular weight is 374 g/mol. The zero-order valence-corrected chi connectivity index (χ0v) is 14.9. The van der Waals surface area contributed by atoms with Gasteiger partial charge in [-0.1, -0.05) is 32.1 Å². The first-order valence-corrected chi connectivity index (χ1v) is 9.05. The molecule has 144 valence electrons. The van der Waals surface area contributed by atoms with E-state index in [1.807, 2.05) is 0 Å². The maximum atomic E-state index is 13.0. The lowest BCUT2D eigenvalue weighted by atomic mass is 9.84. The third-order valence-corrected chi connectivity index (χ3v) is 5.35. The molecule has 3 rings (SSSR count). The van der Waals surface area contributed by atoms with Crippen LogP contribution in [0.15, 0.2) is 18.2 Å². The number of nitro groups is 1. The average Bonchev–Trinajstić information content (AvgIpc) is 2.83. The Morgan fingerprint density at radius 3 is 2.41 bits per heavy atom. The highest BCUT2D eigenvalue weighted by molar-refractivity contribution is 6.07. The van der Waals surface area contributed by atoms with Gasteiger partial charge in [0.1, 0.15) is 5.54 Å². The monoisotopic (exact) mass is 374 g/mol. The van der Waals surface area contributed by atoms with Crippen molar-refractivity contribution in [3.8, 4) is 0 Å². The number of hydrogen-bond donors (Lipinski definition) is 2. The van der Waals surface area contributed by atoms with Crippen LogP contribution in [0.2, 0.25) is 0 Å². The number of hydrogen-bond acceptors (Lipinski definition) is 5. The van der Waals surface area contributed by atoms with Crippen molar-refractivity contribution in [3.05, 3.63) is 39.4 Å². The molecule has 0 bridgehead atoms. The van der Waals surface area contributed by atoms with E-state index in [0.29, 0.717) is 12.8 Å². The number of nitrogens with zero attached hydrogens (tertiary/aromatic N) is 2. The van der Waals surface area contributed by atoms with Crippen LogP contribution in [0.4, 0.5) is 10.5 Å². The fourth-order valence-electron chi connectivity index (χ4n) is 3.86. The van der Waals surface area contributed by atoms with Gasteiger partial charge in [-0.15, -0.1) is 0 Å². The molecule has 1 saturated carbocycles.